The Labute approximate surface area is 113 Å². The molecule has 1 N–H and O–H groups in total. The second kappa shape index (κ2) is 6.06. The maximum Gasteiger partial charge on any atom is 0.249 e. The van der Waals surface area contributed by atoms with Gasteiger partial charge in [-0.15, -0.1) is 10.2 Å². The molecule has 0 unspecified atom stereocenters. The van der Waals surface area contributed by atoms with E-state index in [9.17, 15) is 9.18 Å². The molecule has 0 saturated heterocycles. The van der Waals surface area contributed by atoms with Gasteiger partial charge in [-0.1, -0.05) is 23.7 Å². The predicted octanol–water partition coefficient (Wildman–Crippen LogP) is 2.92. The summed E-state index contributed by atoms with van der Waals surface area (Å²) >= 11 is 5.57. The van der Waals surface area contributed by atoms with Crippen LogP contribution in [0.25, 0.3) is 6.08 Å². The Balaban J connectivity index is 1.97. The van der Waals surface area contributed by atoms with Crippen LogP contribution in [0.1, 0.15) is 5.56 Å². The van der Waals surface area contributed by atoms with Crippen molar-refractivity contribution in [3.8, 4) is 0 Å². The third kappa shape index (κ3) is 4.15. The molecule has 0 atom stereocenters. The van der Waals surface area contributed by atoms with Crippen molar-refractivity contribution in [3.05, 3.63) is 59.0 Å². The van der Waals surface area contributed by atoms with Gasteiger partial charge in [0.2, 0.25) is 5.91 Å². The molecule has 1 aromatic carbocycles. The number of aromatic nitrogens is 2. The number of rotatable bonds is 3. The minimum Gasteiger partial charge on any atom is -0.306 e. The number of carbonyl (C=O) groups excluding carboxylic acids is 1. The molecule has 0 aliphatic rings. The maximum absolute atomic E-state index is 12.7. The highest BCUT2D eigenvalue weighted by atomic mass is 35.5. The average Bonchev–Trinajstić information content (AvgIpc) is 2.41. The zero-order valence-corrected chi connectivity index (χ0v) is 10.4. The molecule has 1 amide bonds. The van der Waals surface area contributed by atoms with Gasteiger partial charge in [0.15, 0.2) is 11.0 Å². The highest BCUT2D eigenvalue weighted by Gasteiger charge is 1.99. The van der Waals surface area contributed by atoms with Gasteiger partial charge in [0.25, 0.3) is 0 Å². The second-order valence-electron chi connectivity index (χ2n) is 3.62. The summed E-state index contributed by atoms with van der Waals surface area (Å²) in [5.74, 6) is -0.378. The number of amides is 1. The Kier molecular flexibility index (Phi) is 4.20. The molecular weight excluding hydrogens is 269 g/mol. The van der Waals surface area contributed by atoms with E-state index in [-0.39, 0.29) is 16.9 Å². The molecule has 6 heteroatoms. The highest BCUT2D eigenvalue weighted by Crippen LogP contribution is 2.07. The Morgan fingerprint density at radius 1 is 1.16 bits per heavy atom. The van der Waals surface area contributed by atoms with Crippen LogP contribution in [0.4, 0.5) is 10.2 Å². The molecule has 96 valence electrons. The van der Waals surface area contributed by atoms with Crippen molar-refractivity contribution >= 4 is 29.4 Å². The monoisotopic (exact) mass is 277 g/mol. The van der Waals surface area contributed by atoms with Gasteiger partial charge in [-0.05, 0) is 35.9 Å². The lowest BCUT2D eigenvalue weighted by Crippen LogP contribution is -2.09. The lowest BCUT2D eigenvalue weighted by Gasteiger charge is -1.99. The minimum absolute atomic E-state index is 0.250. The number of nitrogens with one attached hydrogen (secondary N) is 1. The van der Waals surface area contributed by atoms with Gasteiger partial charge >= 0.3 is 0 Å². The molecule has 1 heterocycles. The van der Waals surface area contributed by atoms with Crippen molar-refractivity contribution < 1.29 is 9.18 Å². The van der Waals surface area contributed by atoms with E-state index in [2.05, 4.69) is 15.5 Å². The van der Waals surface area contributed by atoms with E-state index in [1.54, 1.807) is 24.3 Å². The molecule has 1 aromatic heterocycles. The van der Waals surface area contributed by atoms with Crippen molar-refractivity contribution in [2.45, 2.75) is 0 Å². The van der Waals surface area contributed by atoms with E-state index in [0.29, 0.717) is 5.82 Å². The third-order valence-electron chi connectivity index (χ3n) is 2.18. The smallest absolute Gasteiger partial charge is 0.249 e. The Hall–Kier alpha value is -2.27. The molecular formula is C13H9ClFN3O. The van der Waals surface area contributed by atoms with Crippen LogP contribution in [0.2, 0.25) is 5.15 Å². The molecule has 0 radical (unpaired) electrons. The summed E-state index contributed by atoms with van der Waals surface area (Å²) in [5.41, 5.74) is 0.721. The summed E-state index contributed by atoms with van der Waals surface area (Å²) in [4.78, 5) is 11.6. The molecule has 0 aliphatic heterocycles. The van der Waals surface area contributed by atoms with Gasteiger partial charge in [-0.3, -0.25) is 4.79 Å². The van der Waals surface area contributed by atoms with Crippen LogP contribution in [-0.4, -0.2) is 16.1 Å². The third-order valence-corrected chi connectivity index (χ3v) is 2.38. The molecule has 19 heavy (non-hydrogen) atoms. The number of hydrogen-bond acceptors (Lipinski definition) is 3. The van der Waals surface area contributed by atoms with Crippen LogP contribution < -0.4 is 5.32 Å². The van der Waals surface area contributed by atoms with Gasteiger partial charge in [0, 0.05) is 6.08 Å². The number of nitrogens with zero attached hydrogens (tertiary/aromatic N) is 2. The normalized spacial score (nSPS) is 10.6. The zero-order chi connectivity index (χ0) is 13.7. The zero-order valence-electron chi connectivity index (χ0n) is 9.68. The van der Waals surface area contributed by atoms with Crippen LogP contribution in [0.5, 0.6) is 0 Å². The lowest BCUT2D eigenvalue weighted by molar-refractivity contribution is -0.111. The van der Waals surface area contributed by atoms with E-state index < -0.39 is 0 Å². The summed E-state index contributed by atoms with van der Waals surface area (Å²) in [6.45, 7) is 0. The van der Waals surface area contributed by atoms with Crippen molar-refractivity contribution in [2.75, 3.05) is 5.32 Å². The number of halogens is 2. The summed E-state index contributed by atoms with van der Waals surface area (Å²) in [6.07, 6.45) is 2.89. The number of carbonyl (C=O) groups is 1. The fourth-order valence-electron chi connectivity index (χ4n) is 1.30. The maximum atomic E-state index is 12.7. The largest absolute Gasteiger partial charge is 0.306 e. The SMILES string of the molecule is O=C(/C=C/c1ccc(F)cc1)Nc1ccc(Cl)nn1. The predicted molar refractivity (Wildman–Crippen MR) is 71.1 cm³/mol. The van der Waals surface area contributed by atoms with Crippen LogP contribution in [0.15, 0.2) is 42.5 Å². The minimum atomic E-state index is -0.360. The molecule has 0 bridgehead atoms. The first-order chi connectivity index (χ1) is 9.13. The first-order valence-corrected chi connectivity index (χ1v) is 5.75. The van der Waals surface area contributed by atoms with E-state index in [1.807, 2.05) is 0 Å². The molecule has 4 nitrogen and oxygen atoms in total. The van der Waals surface area contributed by atoms with Gasteiger partial charge < -0.3 is 5.32 Å². The topological polar surface area (TPSA) is 54.9 Å². The van der Waals surface area contributed by atoms with Crippen molar-refractivity contribution in [1.82, 2.24) is 10.2 Å². The van der Waals surface area contributed by atoms with Gasteiger partial charge in [-0.2, -0.15) is 0 Å². The molecule has 0 saturated carbocycles. The molecule has 0 fully saturated rings. The van der Waals surface area contributed by atoms with Gasteiger partial charge in [0.05, 0.1) is 0 Å². The van der Waals surface area contributed by atoms with E-state index in [0.717, 1.165) is 5.56 Å². The first-order valence-electron chi connectivity index (χ1n) is 5.37. The van der Waals surface area contributed by atoms with Crippen LogP contribution in [-0.2, 0) is 4.79 Å². The van der Waals surface area contributed by atoms with Crippen LogP contribution >= 0.6 is 11.6 Å². The number of benzene rings is 1. The van der Waals surface area contributed by atoms with Gasteiger partial charge in [0.1, 0.15) is 5.82 Å². The standard InChI is InChI=1S/C13H9ClFN3O/c14-11-6-7-12(18-17-11)16-13(19)8-3-9-1-4-10(15)5-2-9/h1-8H,(H,16,18,19)/b8-3+. The Morgan fingerprint density at radius 3 is 2.53 bits per heavy atom. The highest BCUT2D eigenvalue weighted by molar-refractivity contribution is 6.29. The molecule has 0 spiro atoms. The molecule has 2 aromatic rings. The molecule has 0 aliphatic carbocycles. The van der Waals surface area contributed by atoms with Crippen LogP contribution in [0, 0.1) is 5.82 Å². The van der Waals surface area contributed by atoms with E-state index in [1.165, 1.54) is 24.3 Å². The van der Waals surface area contributed by atoms with E-state index >= 15 is 0 Å². The second-order valence-corrected chi connectivity index (χ2v) is 4.00. The van der Waals surface area contributed by atoms with Crippen molar-refractivity contribution in [2.24, 2.45) is 0 Å². The Morgan fingerprint density at radius 2 is 1.89 bits per heavy atom. The van der Waals surface area contributed by atoms with Crippen LogP contribution in [0.3, 0.4) is 0 Å². The van der Waals surface area contributed by atoms with E-state index in [4.69, 9.17) is 11.6 Å². The van der Waals surface area contributed by atoms with Gasteiger partial charge in [-0.25, -0.2) is 4.39 Å². The average molecular weight is 278 g/mol. The first kappa shape index (κ1) is 13.2. The number of hydrogen-bond donors (Lipinski definition) is 1. The van der Waals surface area contributed by atoms with Crippen molar-refractivity contribution in [1.29, 1.82) is 0 Å². The summed E-state index contributed by atoms with van der Waals surface area (Å²) in [5, 5.41) is 10.1. The summed E-state index contributed by atoms with van der Waals surface area (Å²) in [7, 11) is 0. The Bertz CT molecular complexity index is 596. The quantitative estimate of drug-likeness (QED) is 0.878. The fraction of sp³-hybridized carbons (Fsp3) is 0. The van der Waals surface area contributed by atoms with Crippen molar-refractivity contribution in [3.63, 3.8) is 0 Å². The molecule has 2 rings (SSSR count). The fourth-order valence-corrected chi connectivity index (χ4v) is 1.40. The summed E-state index contributed by atoms with van der Waals surface area (Å²) < 4.78 is 12.7. The summed E-state index contributed by atoms with van der Waals surface area (Å²) in [6, 6.07) is 8.85. The number of anilines is 1. The lowest BCUT2D eigenvalue weighted by atomic mass is 10.2.